The average Bonchev–Trinajstić information content (AvgIpc) is 2.59. The predicted molar refractivity (Wildman–Crippen MR) is 102 cm³/mol. The van der Waals surface area contributed by atoms with Gasteiger partial charge in [-0.05, 0) is 6.54 Å². The number of likely N-dealkylation sites (N-methyl/N-ethyl adjacent to an activating group) is 1. The Labute approximate surface area is 169 Å². The van der Waals surface area contributed by atoms with Crippen LogP contribution in [0.4, 0.5) is 0 Å². The summed E-state index contributed by atoms with van der Waals surface area (Å²) in [6.07, 6.45) is 0. The van der Waals surface area contributed by atoms with Gasteiger partial charge < -0.3 is 21.1 Å². The highest BCUT2D eigenvalue weighted by Crippen LogP contribution is 2.06. The minimum atomic E-state index is -1.05. The van der Waals surface area contributed by atoms with Crippen molar-refractivity contribution in [1.29, 1.82) is 0 Å². The smallest absolute Gasteiger partial charge is 0.317 e. The van der Waals surface area contributed by atoms with E-state index in [1.807, 2.05) is 11.8 Å². The number of carbonyl (C=O) groups excluding carboxylic acids is 1. The molecule has 1 amide bonds. The molecule has 1 fully saturated rings. The van der Waals surface area contributed by atoms with Crippen LogP contribution < -0.4 is 5.73 Å². The first-order chi connectivity index (χ1) is 13.6. The van der Waals surface area contributed by atoms with E-state index in [9.17, 15) is 24.3 Å². The molecule has 0 aromatic carbocycles. The van der Waals surface area contributed by atoms with Gasteiger partial charge in [0.1, 0.15) is 6.04 Å². The van der Waals surface area contributed by atoms with Crippen molar-refractivity contribution in [3.8, 4) is 0 Å². The summed E-state index contributed by atoms with van der Waals surface area (Å²) in [6.45, 7) is 3.55. The van der Waals surface area contributed by atoms with Gasteiger partial charge in [-0.15, -0.1) is 0 Å². The maximum absolute atomic E-state index is 12.1. The second-order valence-electron chi connectivity index (χ2n) is 7.02. The van der Waals surface area contributed by atoms with Crippen LogP contribution in [0.15, 0.2) is 0 Å². The average molecular weight is 417 g/mol. The molecule has 1 rings (SSSR count). The molecule has 29 heavy (non-hydrogen) atoms. The van der Waals surface area contributed by atoms with Crippen molar-refractivity contribution in [3.63, 3.8) is 0 Å². The number of aliphatic carboxylic acids is 3. The van der Waals surface area contributed by atoms with Gasteiger partial charge in [0.25, 0.3) is 0 Å². The lowest BCUT2D eigenvalue weighted by atomic mass is 10.2. The van der Waals surface area contributed by atoms with Gasteiger partial charge in [-0.25, -0.2) is 0 Å². The van der Waals surface area contributed by atoms with E-state index in [1.165, 1.54) is 0 Å². The Bertz CT molecular complexity index is 589. The molecule has 0 aliphatic carbocycles. The number of rotatable bonds is 8. The molecule has 166 valence electrons. The van der Waals surface area contributed by atoms with Crippen molar-refractivity contribution in [2.75, 3.05) is 72.0 Å². The molecule has 0 aromatic rings. The number of primary amides is 1. The fourth-order valence-corrected chi connectivity index (χ4v) is 3.35. The predicted octanol–water partition coefficient (Wildman–Crippen LogP) is -2.66. The number of nitrogens with zero attached hydrogens (tertiary/aromatic N) is 4. The number of hydrogen-bond donors (Lipinski definition) is 4. The van der Waals surface area contributed by atoms with E-state index in [0.717, 1.165) is 0 Å². The zero-order valence-electron chi connectivity index (χ0n) is 16.7. The molecular weight excluding hydrogens is 386 g/mol. The number of hydrogen-bond acceptors (Lipinski definition) is 8. The molecule has 0 spiro atoms. The normalized spacial score (nSPS) is 21.8. The summed E-state index contributed by atoms with van der Waals surface area (Å²) in [5.41, 5.74) is 5.56. The van der Waals surface area contributed by atoms with Gasteiger partial charge in [0.05, 0.1) is 19.6 Å². The summed E-state index contributed by atoms with van der Waals surface area (Å²) >= 11 is 0. The van der Waals surface area contributed by atoms with E-state index >= 15 is 0 Å². The van der Waals surface area contributed by atoms with E-state index in [1.54, 1.807) is 14.7 Å². The van der Waals surface area contributed by atoms with E-state index in [2.05, 4.69) is 0 Å². The van der Waals surface area contributed by atoms with E-state index in [0.29, 0.717) is 32.7 Å². The summed E-state index contributed by atoms with van der Waals surface area (Å²) in [5, 5.41) is 27.5. The third-order valence-electron chi connectivity index (χ3n) is 4.85. The molecule has 1 atom stereocenters. The first-order valence-corrected chi connectivity index (χ1v) is 9.48. The number of carboxylic acids is 3. The standard InChI is InChI=1S/C17H31N5O7/c1-2-22-8-7-20(11-15(25)26)4-3-19(10-14(23)24)5-6-21(12-16(27)28)9-13(22)17(18)29/h13H,2-12H2,1H3,(H2,18,29)(H,23,24)(H,25,26)(H,27,28). The quantitative estimate of drug-likeness (QED) is 0.325. The maximum atomic E-state index is 12.1. The summed E-state index contributed by atoms with van der Waals surface area (Å²) < 4.78 is 0. The first kappa shape index (κ1) is 24.8. The van der Waals surface area contributed by atoms with Gasteiger partial charge >= 0.3 is 17.9 Å². The van der Waals surface area contributed by atoms with E-state index in [-0.39, 0.29) is 39.3 Å². The zero-order chi connectivity index (χ0) is 22.0. The van der Waals surface area contributed by atoms with Gasteiger partial charge in [0.15, 0.2) is 0 Å². The molecule has 12 nitrogen and oxygen atoms in total. The fourth-order valence-electron chi connectivity index (χ4n) is 3.35. The number of nitrogens with two attached hydrogens (primary N) is 1. The van der Waals surface area contributed by atoms with Gasteiger partial charge in [0, 0.05) is 45.8 Å². The highest BCUT2D eigenvalue weighted by molar-refractivity contribution is 5.80. The van der Waals surface area contributed by atoms with E-state index in [4.69, 9.17) is 15.9 Å². The van der Waals surface area contributed by atoms with Crippen LogP contribution in [-0.4, -0.2) is 137 Å². The summed E-state index contributed by atoms with van der Waals surface area (Å²) in [6, 6.07) is -0.738. The molecule has 1 unspecified atom stereocenters. The number of amides is 1. The minimum absolute atomic E-state index is 0.0926. The summed E-state index contributed by atoms with van der Waals surface area (Å²) in [4.78, 5) is 52.3. The monoisotopic (exact) mass is 417 g/mol. The molecule has 1 aliphatic heterocycles. The van der Waals surface area contributed by atoms with Crippen molar-refractivity contribution in [2.45, 2.75) is 13.0 Å². The van der Waals surface area contributed by atoms with Gasteiger partial charge in [-0.1, -0.05) is 6.92 Å². The lowest BCUT2D eigenvalue weighted by molar-refractivity contribution is -0.141. The van der Waals surface area contributed by atoms with E-state index < -0.39 is 29.9 Å². The molecule has 0 bridgehead atoms. The molecule has 12 heteroatoms. The second kappa shape index (κ2) is 12.3. The maximum Gasteiger partial charge on any atom is 0.317 e. The Hall–Kier alpha value is -2.28. The van der Waals surface area contributed by atoms with Crippen LogP contribution >= 0.6 is 0 Å². The van der Waals surface area contributed by atoms with Crippen molar-refractivity contribution in [1.82, 2.24) is 19.6 Å². The second-order valence-corrected chi connectivity index (χ2v) is 7.02. The molecule has 1 aliphatic rings. The Morgan fingerprint density at radius 2 is 1.14 bits per heavy atom. The highest BCUT2D eigenvalue weighted by Gasteiger charge is 2.28. The van der Waals surface area contributed by atoms with Crippen molar-refractivity contribution < 1.29 is 34.5 Å². The van der Waals surface area contributed by atoms with Crippen LogP contribution in [0.3, 0.4) is 0 Å². The van der Waals surface area contributed by atoms with Gasteiger partial charge in [0.2, 0.25) is 5.91 Å². The number of carbonyl (C=O) groups is 4. The highest BCUT2D eigenvalue weighted by atomic mass is 16.4. The van der Waals surface area contributed by atoms with Crippen LogP contribution in [0.1, 0.15) is 6.92 Å². The Morgan fingerprint density at radius 3 is 1.52 bits per heavy atom. The van der Waals surface area contributed by atoms with Crippen molar-refractivity contribution in [2.24, 2.45) is 5.73 Å². The molecule has 0 aromatic heterocycles. The Morgan fingerprint density at radius 1 is 0.759 bits per heavy atom. The molecule has 5 N–H and O–H groups in total. The summed E-state index contributed by atoms with van der Waals surface area (Å²) in [7, 11) is 0. The van der Waals surface area contributed by atoms with Crippen molar-refractivity contribution >= 4 is 23.8 Å². The fraction of sp³-hybridized carbons (Fsp3) is 0.765. The minimum Gasteiger partial charge on any atom is -0.480 e. The molecule has 1 saturated heterocycles. The van der Waals surface area contributed by atoms with Crippen LogP contribution in [0.5, 0.6) is 0 Å². The third-order valence-corrected chi connectivity index (χ3v) is 4.85. The molecule has 0 radical (unpaired) electrons. The Balaban J connectivity index is 3.09. The van der Waals surface area contributed by atoms with Gasteiger partial charge in [-0.3, -0.25) is 38.8 Å². The van der Waals surface area contributed by atoms with Crippen LogP contribution in [0.2, 0.25) is 0 Å². The largest absolute Gasteiger partial charge is 0.480 e. The van der Waals surface area contributed by atoms with Gasteiger partial charge in [-0.2, -0.15) is 0 Å². The first-order valence-electron chi connectivity index (χ1n) is 9.48. The lowest BCUT2D eigenvalue weighted by Gasteiger charge is -2.36. The van der Waals surface area contributed by atoms with Crippen LogP contribution in [0.25, 0.3) is 0 Å². The Kier molecular flexibility index (Phi) is 10.5. The molecule has 0 saturated carbocycles. The number of carboxylic acid groups (broad SMARTS) is 3. The molecular formula is C17H31N5O7. The van der Waals surface area contributed by atoms with Crippen molar-refractivity contribution in [3.05, 3.63) is 0 Å². The zero-order valence-corrected chi connectivity index (χ0v) is 16.7. The lowest BCUT2D eigenvalue weighted by Crippen LogP contribution is -2.55. The summed E-state index contributed by atoms with van der Waals surface area (Å²) in [5.74, 6) is -3.67. The third kappa shape index (κ3) is 9.65. The van der Waals surface area contributed by atoms with Crippen LogP contribution in [0, 0.1) is 0 Å². The van der Waals surface area contributed by atoms with Crippen LogP contribution in [-0.2, 0) is 19.2 Å². The SMILES string of the molecule is CCN1CCN(CC(=O)O)CCN(CC(=O)O)CCN(CC(=O)O)CC1C(N)=O. The topological polar surface area (TPSA) is 168 Å². The molecule has 1 heterocycles.